The molecule has 44 heavy (non-hydrogen) atoms. The summed E-state index contributed by atoms with van der Waals surface area (Å²) in [6.45, 7) is 2.80. The number of piperidine rings is 1. The molecule has 5 rings (SSSR count). The summed E-state index contributed by atoms with van der Waals surface area (Å²) in [5, 5.41) is 22.8. The number of benzene rings is 2. The smallest absolute Gasteiger partial charge is 0.243 e. The fraction of sp³-hybridized carbons (Fsp3) is 0.452. The van der Waals surface area contributed by atoms with Crippen LogP contribution < -0.4 is 10.1 Å². The first kappa shape index (κ1) is 32.5. The predicted octanol–water partition coefficient (Wildman–Crippen LogP) is 2.16. The van der Waals surface area contributed by atoms with Gasteiger partial charge >= 0.3 is 0 Å². The summed E-state index contributed by atoms with van der Waals surface area (Å²) in [5.74, 6) is -0.0614. The minimum atomic E-state index is -3.68. The number of aliphatic hydroxyl groups excluding tert-OH is 2. The first-order valence-electron chi connectivity index (χ1n) is 14.7. The number of nitrogens with zero attached hydrogens (tertiary/aromatic N) is 2. The van der Waals surface area contributed by atoms with Crippen LogP contribution in [0, 0.1) is 6.92 Å². The van der Waals surface area contributed by atoms with Crippen LogP contribution in [-0.4, -0.2) is 99.3 Å². The van der Waals surface area contributed by atoms with Gasteiger partial charge in [-0.15, -0.1) is 0 Å². The Labute approximate surface area is 258 Å². The van der Waals surface area contributed by atoms with Gasteiger partial charge in [-0.25, -0.2) is 16.8 Å². The number of sulfonamides is 1. The van der Waals surface area contributed by atoms with Crippen LogP contribution in [0.15, 0.2) is 76.5 Å². The summed E-state index contributed by atoms with van der Waals surface area (Å²) in [6, 6.07) is 18.5. The van der Waals surface area contributed by atoms with Crippen LogP contribution in [0.2, 0.25) is 0 Å². The largest absolute Gasteiger partial charge is 0.491 e. The predicted molar refractivity (Wildman–Crippen MR) is 165 cm³/mol. The molecule has 3 aromatic rings. The lowest BCUT2D eigenvalue weighted by atomic mass is 9.88. The van der Waals surface area contributed by atoms with E-state index in [1.165, 1.54) is 16.4 Å². The maximum atomic E-state index is 13.5. The van der Waals surface area contributed by atoms with E-state index in [0.29, 0.717) is 44.7 Å². The van der Waals surface area contributed by atoms with E-state index in [1.54, 1.807) is 30.3 Å². The molecule has 2 saturated heterocycles. The summed E-state index contributed by atoms with van der Waals surface area (Å²) in [4.78, 5) is 4.82. The van der Waals surface area contributed by atoms with Crippen molar-refractivity contribution in [1.82, 2.24) is 14.6 Å². The molecule has 2 fully saturated rings. The SMILES string of the molecule is Cc1cccc(-c2cccc(S(=O)(=O)N3CCC4(CC3)C[C@H](NC[C@H](O)COc3cccc(S(=O)(=O)CCO)c3)CO4)c2)n1. The highest BCUT2D eigenvalue weighted by Gasteiger charge is 2.44. The zero-order valence-electron chi connectivity index (χ0n) is 24.6. The second kappa shape index (κ2) is 13.6. The molecular formula is C31H39N3O8S2. The number of aromatic nitrogens is 1. The lowest BCUT2D eigenvalue weighted by Crippen LogP contribution is -2.47. The molecule has 1 spiro atoms. The molecule has 13 heteroatoms. The highest BCUT2D eigenvalue weighted by Crippen LogP contribution is 2.37. The minimum Gasteiger partial charge on any atom is -0.491 e. The van der Waals surface area contributed by atoms with Crippen LogP contribution in [0.5, 0.6) is 5.75 Å². The lowest BCUT2D eigenvalue weighted by Gasteiger charge is -2.38. The van der Waals surface area contributed by atoms with E-state index in [9.17, 15) is 21.9 Å². The van der Waals surface area contributed by atoms with Gasteiger partial charge < -0.3 is 25.0 Å². The molecule has 1 aromatic heterocycles. The first-order chi connectivity index (χ1) is 21.0. The molecule has 238 valence electrons. The molecule has 11 nitrogen and oxygen atoms in total. The molecule has 0 radical (unpaired) electrons. The highest BCUT2D eigenvalue weighted by molar-refractivity contribution is 7.91. The fourth-order valence-electron chi connectivity index (χ4n) is 5.68. The van der Waals surface area contributed by atoms with Gasteiger partial charge in [0, 0.05) is 36.9 Å². The molecule has 2 aliphatic rings. The Bertz CT molecular complexity index is 1660. The Morgan fingerprint density at radius 1 is 1.05 bits per heavy atom. The van der Waals surface area contributed by atoms with Crippen molar-refractivity contribution in [3.8, 4) is 17.0 Å². The van der Waals surface area contributed by atoms with E-state index in [-0.39, 0.29) is 34.7 Å². The number of nitrogens with one attached hydrogen (secondary N) is 1. The van der Waals surface area contributed by atoms with Gasteiger partial charge in [0.1, 0.15) is 18.5 Å². The molecule has 0 amide bonds. The van der Waals surface area contributed by atoms with Gasteiger partial charge in [-0.3, -0.25) is 4.98 Å². The fourth-order valence-corrected chi connectivity index (χ4v) is 8.22. The van der Waals surface area contributed by atoms with Crippen molar-refractivity contribution in [3.05, 3.63) is 72.4 Å². The minimum absolute atomic E-state index is 0.00160. The molecule has 0 aliphatic carbocycles. The normalized spacial score (nSPS) is 19.7. The molecule has 0 saturated carbocycles. The van der Waals surface area contributed by atoms with Gasteiger partial charge in [0.25, 0.3) is 0 Å². The molecule has 3 heterocycles. The van der Waals surface area contributed by atoms with Crippen molar-refractivity contribution in [2.24, 2.45) is 0 Å². The van der Waals surface area contributed by atoms with Crippen LogP contribution >= 0.6 is 0 Å². The van der Waals surface area contributed by atoms with E-state index in [2.05, 4.69) is 10.3 Å². The van der Waals surface area contributed by atoms with Crippen LogP contribution in [0.25, 0.3) is 11.3 Å². The van der Waals surface area contributed by atoms with E-state index in [1.807, 2.05) is 31.2 Å². The number of sulfone groups is 1. The number of ether oxygens (including phenoxy) is 2. The Hall–Kier alpha value is -2.91. The summed E-state index contributed by atoms with van der Waals surface area (Å²) < 4.78 is 64.7. The van der Waals surface area contributed by atoms with Crippen molar-refractivity contribution >= 4 is 19.9 Å². The average Bonchev–Trinajstić information content (AvgIpc) is 3.41. The Kier molecular flexibility index (Phi) is 10.0. The monoisotopic (exact) mass is 645 g/mol. The second-order valence-corrected chi connectivity index (χ2v) is 15.4. The quantitative estimate of drug-likeness (QED) is 0.267. The van der Waals surface area contributed by atoms with Crippen molar-refractivity contribution < 1.29 is 36.5 Å². The Balaban J connectivity index is 1.10. The van der Waals surface area contributed by atoms with Gasteiger partial charge in [-0.1, -0.05) is 24.3 Å². The summed E-state index contributed by atoms with van der Waals surface area (Å²) >= 11 is 0. The van der Waals surface area contributed by atoms with Crippen molar-refractivity contribution in [3.63, 3.8) is 0 Å². The molecule has 2 atom stereocenters. The highest BCUT2D eigenvalue weighted by atomic mass is 32.2. The second-order valence-electron chi connectivity index (χ2n) is 11.4. The molecule has 0 unspecified atom stereocenters. The van der Waals surface area contributed by atoms with Crippen LogP contribution in [-0.2, 0) is 24.6 Å². The summed E-state index contributed by atoms with van der Waals surface area (Å²) in [6.07, 6.45) is 1.01. The lowest BCUT2D eigenvalue weighted by molar-refractivity contribution is -0.0312. The third-order valence-corrected chi connectivity index (χ3v) is 11.7. The number of pyridine rings is 1. The van der Waals surface area contributed by atoms with Crippen LogP contribution in [0.4, 0.5) is 0 Å². The standard InChI is InChI=1S/C31H39N3O8S2/c1-23-5-2-10-30(33-23)24-6-3-9-29(17-24)44(39,40)34-13-11-31(12-14-34)19-25(21-42-31)32-20-26(36)22-41-27-7-4-8-28(18-27)43(37,38)16-15-35/h2-10,17-18,25-26,32,35-36H,11-16,19-22H2,1H3/t25-,26-/m0/s1. The van der Waals surface area contributed by atoms with Crippen molar-refractivity contribution in [1.29, 1.82) is 0 Å². The van der Waals surface area contributed by atoms with Crippen LogP contribution in [0.1, 0.15) is 25.0 Å². The zero-order valence-corrected chi connectivity index (χ0v) is 26.3. The van der Waals surface area contributed by atoms with E-state index >= 15 is 0 Å². The molecule has 2 aliphatic heterocycles. The summed E-state index contributed by atoms with van der Waals surface area (Å²) in [7, 11) is -7.29. The summed E-state index contributed by atoms with van der Waals surface area (Å²) in [5.41, 5.74) is 1.93. The number of aryl methyl sites for hydroxylation is 1. The Morgan fingerprint density at radius 3 is 2.52 bits per heavy atom. The van der Waals surface area contributed by atoms with E-state index in [0.717, 1.165) is 17.0 Å². The Morgan fingerprint density at radius 2 is 1.77 bits per heavy atom. The van der Waals surface area contributed by atoms with Gasteiger partial charge in [0.05, 0.1) is 40.1 Å². The number of aliphatic hydroxyl groups is 2. The van der Waals surface area contributed by atoms with Gasteiger partial charge in [-0.2, -0.15) is 4.31 Å². The van der Waals surface area contributed by atoms with Gasteiger partial charge in [0.15, 0.2) is 9.84 Å². The number of rotatable bonds is 12. The zero-order chi connectivity index (χ0) is 31.4. The molecule has 3 N–H and O–H groups in total. The third-order valence-electron chi connectivity index (χ3n) is 8.11. The topological polar surface area (TPSA) is 155 Å². The number of hydrogen-bond acceptors (Lipinski definition) is 10. The van der Waals surface area contributed by atoms with Crippen molar-refractivity contribution in [2.45, 2.75) is 53.7 Å². The number of hydrogen-bond donors (Lipinski definition) is 3. The average molecular weight is 646 g/mol. The molecule has 0 bridgehead atoms. The van der Waals surface area contributed by atoms with Gasteiger partial charge in [-0.05, 0) is 68.7 Å². The molecular weight excluding hydrogens is 606 g/mol. The maximum Gasteiger partial charge on any atom is 0.243 e. The van der Waals surface area contributed by atoms with Crippen molar-refractivity contribution in [2.75, 3.05) is 45.2 Å². The van der Waals surface area contributed by atoms with E-state index < -0.39 is 38.2 Å². The first-order valence-corrected chi connectivity index (χ1v) is 17.8. The van der Waals surface area contributed by atoms with E-state index in [4.69, 9.17) is 14.6 Å². The van der Waals surface area contributed by atoms with Crippen LogP contribution in [0.3, 0.4) is 0 Å². The molecule has 2 aromatic carbocycles. The van der Waals surface area contributed by atoms with Gasteiger partial charge in [0.2, 0.25) is 10.0 Å². The maximum absolute atomic E-state index is 13.5. The third kappa shape index (κ3) is 7.65.